The summed E-state index contributed by atoms with van der Waals surface area (Å²) in [4.78, 5) is 2.08. The minimum Gasteiger partial charge on any atom is -0.303 e. The van der Waals surface area contributed by atoms with Crippen LogP contribution in [0.2, 0.25) is 0 Å². The fraction of sp³-hybridized carbons (Fsp3) is 1.00. The molecule has 0 aromatic rings. The third kappa shape index (κ3) is 0.941. The summed E-state index contributed by atoms with van der Waals surface area (Å²) in [5.74, 6) is 0.768. The van der Waals surface area contributed by atoms with Crippen molar-refractivity contribution >= 4 is 9.84 Å². The van der Waals surface area contributed by atoms with E-state index in [1.165, 1.54) is 0 Å². The number of hydrogen-bond acceptors (Lipinski definition) is 3. The molecule has 3 nitrogen and oxygen atoms in total. The maximum absolute atomic E-state index is 11.7. The highest BCUT2D eigenvalue weighted by Crippen LogP contribution is 2.41. The Hall–Kier alpha value is -0.0900. The number of sulfone groups is 1. The van der Waals surface area contributed by atoms with Gasteiger partial charge in [0.25, 0.3) is 0 Å². The van der Waals surface area contributed by atoms with Crippen LogP contribution in [0.1, 0.15) is 13.3 Å². The standard InChI is InChI=1S/C8H15NO2S/c1-7-3-8(5-9(2)6-8)12(10,11)4-7/h7H,3-6H2,1-2H3. The molecule has 0 bridgehead atoms. The summed E-state index contributed by atoms with van der Waals surface area (Å²) >= 11 is 0. The number of hydrogen-bond donors (Lipinski definition) is 0. The van der Waals surface area contributed by atoms with E-state index in [9.17, 15) is 8.42 Å². The molecule has 0 saturated carbocycles. The molecule has 0 amide bonds. The third-order valence-electron chi connectivity index (χ3n) is 3.00. The summed E-state index contributed by atoms with van der Waals surface area (Å²) in [6.07, 6.45) is 0.875. The average molecular weight is 189 g/mol. The highest BCUT2D eigenvalue weighted by molar-refractivity contribution is 7.93. The van der Waals surface area contributed by atoms with Crippen molar-refractivity contribution in [2.75, 3.05) is 25.9 Å². The summed E-state index contributed by atoms with van der Waals surface area (Å²) in [6.45, 7) is 3.53. The van der Waals surface area contributed by atoms with Crippen molar-refractivity contribution in [2.45, 2.75) is 18.1 Å². The van der Waals surface area contributed by atoms with Crippen LogP contribution in [0.4, 0.5) is 0 Å². The zero-order valence-corrected chi connectivity index (χ0v) is 8.39. The predicted octanol–water partition coefficient (Wildman–Crippen LogP) is 0.125. The fourth-order valence-electron chi connectivity index (χ4n) is 2.64. The van der Waals surface area contributed by atoms with Gasteiger partial charge in [0.05, 0.1) is 10.5 Å². The monoisotopic (exact) mass is 189 g/mol. The topological polar surface area (TPSA) is 37.4 Å². The van der Waals surface area contributed by atoms with E-state index in [1.54, 1.807) is 0 Å². The van der Waals surface area contributed by atoms with Gasteiger partial charge < -0.3 is 4.90 Å². The van der Waals surface area contributed by atoms with Crippen molar-refractivity contribution in [1.82, 2.24) is 4.90 Å². The Bertz CT molecular complexity index is 290. The lowest BCUT2D eigenvalue weighted by Gasteiger charge is -2.44. The van der Waals surface area contributed by atoms with Crippen LogP contribution in [0.25, 0.3) is 0 Å². The van der Waals surface area contributed by atoms with Crippen molar-refractivity contribution in [2.24, 2.45) is 5.92 Å². The second kappa shape index (κ2) is 2.23. The first-order chi connectivity index (χ1) is 5.45. The van der Waals surface area contributed by atoms with Crippen LogP contribution in [0, 0.1) is 5.92 Å². The van der Waals surface area contributed by atoms with Gasteiger partial charge in [0.15, 0.2) is 9.84 Å². The Morgan fingerprint density at radius 2 is 2.00 bits per heavy atom. The van der Waals surface area contributed by atoms with E-state index in [0.29, 0.717) is 11.7 Å². The van der Waals surface area contributed by atoms with Crippen molar-refractivity contribution in [1.29, 1.82) is 0 Å². The average Bonchev–Trinajstić information content (AvgIpc) is 2.00. The van der Waals surface area contributed by atoms with Gasteiger partial charge in [-0.1, -0.05) is 6.92 Å². The first-order valence-electron chi connectivity index (χ1n) is 4.36. The lowest BCUT2D eigenvalue weighted by Crippen LogP contribution is -2.62. The molecule has 0 radical (unpaired) electrons. The number of nitrogens with zero attached hydrogens (tertiary/aromatic N) is 1. The Balaban J connectivity index is 2.28. The van der Waals surface area contributed by atoms with Gasteiger partial charge in [0.1, 0.15) is 0 Å². The van der Waals surface area contributed by atoms with Gasteiger partial charge in [-0.05, 0) is 19.4 Å². The van der Waals surface area contributed by atoms with Crippen molar-refractivity contribution in [3.8, 4) is 0 Å². The predicted molar refractivity (Wildman–Crippen MR) is 47.8 cm³/mol. The zero-order valence-electron chi connectivity index (χ0n) is 7.58. The first kappa shape index (κ1) is 8.51. The second-order valence-corrected chi connectivity index (χ2v) is 6.87. The van der Waals surface area contributed by atoms with Gasteiger partial charge >= 0.3 is 0 Å². The van der Waals surface area contributed by atoms with Crippen LogP contribution >= 0.6 is 0 Å². The van der Waals surface area contributed by atoms with Crippen LogP contribution in [0.5, 0.6) is 0 Å². The van der Waals surface area contributed by atoms with Gasteiger partial charge in [-0.3, -0.25) is 0 Å². The number of likely N-dealkylation sites (tertiary alicyclic amines) is 1. The molecule has 0 aromatic heterocycles. The van der Waals surface area contributed by atoms with E-state index in [1.807, 2.05) is 14.0 Å². The van der Waals surface area contributed by atoms with Crippen molar-refractivity contribution < 1.29 is 8.42 Å². The molecule has 2 heterocycles. The Kier molecular flexibility index (Phi) is 1.58. The molecule has 0 aliphatic carbocycles. The van der Waals surface area contributed by atoms with Crippen LogP contribution in [0.15, 0.2) is 0 Å². The second-order valence-electron chi connectivity index (χ2n) is 4.45. The van der Waals surface area contributed by atoms with Gasteiger partial charge in [0.2, 0.25) is 0 Å². The highest BCUT2D eigenvalue weighted by Gasteiger charge is 2.56. The molecule has 1 unspecified atom stereocenters. The first-order valence-corrected chi connectivity index (χ1v) is 6.01. The molecule has 2 fully saturated rings. The smallest absolute Gasteiger partial charge is 0.158 e. The van der Waals surface area contributed by atoms with E-state index in [-0.39, 0.29) is 4.75 Å². The summed E-state index contributed by atoms with van der Waals surface area (Å²) in [5.41, 5.74) is 0. The Labute approximate surface area is 73.7 Å². The van der Waals surface area contributed by atoms with Gasteiger partial charge in [0, 0.05) is 13.1 Å². The SMILES string of the molecule is CC1CC2(CN(C)C2)S(=O)(=O)C1. The summed E-state index contributed by atoms with van der Waals surface area (Å²) in [6, 6.07) is 0. The molecule has 4 heteroatoms. The highest BCUT2D eigenvalue weighted by atomic mass is 32.2. The Morgan fingerprint density at radius 1 is 1.42 bits per heavy atom. The maximum atomic E-state index is 11.7. The molecule has 1 atom stereocenters. The quantitative estimate of drug-likeness (QED) is 0.543. The van der Waals surface area contributed by atoms with E-state index >= 15 is 0 Å². The number of rotatable bonds is 0. The van der Waals surface area contributed by atoms with Crippen LogP contribution < -0.4 is 0 Å². The minimum absolute atomic E-state index is 0.346. The molecule has 2 saturated heterocycles. The van der Waals surface area contributed by atoms with E-state index in [0.717, 1.165) is 19.5 Å². The summed E-state index contributed by atoms with van der Waals surface area (Å²) in [7, 11) is -0.798. The van der Waals surface area contributed by atoms with Gasteiger partial charge in [-0.2, -0.15) is 0 Å². The summed E-state index contributed by atoms with van der Waals surface area (Å²) in [5, 5.41) is 0. The summed E-state index contributed by atoms with van der Waals surface area (Å²) < 4.78 is 23.0. The minimum atomic E-state index is -2.77. The zero-order chi connectivity index (χ0) is 8.98. The van der Waals surface area contributed by atoms with Crippen molar-refractivity contribution in [3.63, 3.8) is 0 Å². The van der Waals surface area contributed by atoms with Crippen LogP contribution in [0.3, 0.4) is 0 Å². The molecule has 2 rings (SSSR count). The molecular weight excluding hydrogens is 174 g/mol. The fourth-order valence-corrected chi connectivity index (χ4v) is 5.23. The van der Waals surface area contributed by atoms with E-state index < -0.39 is 9.84 Å². The molecule has 0 N–H and O–H groups in total. The lowest BCUT2D eigenvalue weighted by molar-refractivity contribution is 0.147. The molecule has 1 spiro atoms. The molecule has 0 aromatic carbocycles. The van der Waals surface area contributed by atoms with E-state index in [4.69, 9.17) is 0 Å². The van der Waals surface area contributed by atoms with Gasteiger partial charge in [-0.15, -0.1) is 0 Å². The van der Waals surface area contributed by atoms with Crippen LogP contribution in [-0.2, 0) is 9.84 Å². The molecule has 70 valence electrons. The van der Waals surface area contributed by atoms with Gasteiger partial charge in [-0.25, -0.2) is 8.42 Å². The maximum Gasteiger partial charge on any atom is 0.158 e. The molecule has 12 heavy (non-hydrogen) atoms. The molecule has 2 aliphatic heterocycles. The third-order valence-corrected chi connectivity index (χ3v) is 5.75. The molecular formula is C8H15NO2S. The van der Waals surface area contributed by atoms with Crippen LogP contribution in [-0.4, -0.2) is 44.0 Å². The largest absolute Gasteiger partial charge is 0.303 e. The van der Waals surface area contributed by atoms with Crippen molar-refractivity contribution in [3.05, 3.63) is 0 Å². The normalized spacial score (nSPS) is 38.3. The Morgan fingerprint density at radius 3 is 2.33 bits per heavy atom. The van der Waals surface area contributed by atoms with E-state index in [2.05, 4.69) is 4.90 Å². The lowest BCUT2D eigenvalue weighted by atomic mass is 9.90. The molecule has 2 aliphatic rings.